The van der Waals surface area contributed by atoms with Gasteiger partial charge in [-0.25, -0.2) is 4.79 Å². The zero-order valence-corrected chi connectivity index (χ0v) is 14.4. The Bertz CT molecular complexity index is 857. The van der Waals surface area contributed by atoms with Gasteiger partial charge >= 0.3 is 5.97 Å². The Morgan fingerprint density at radius 2 is 1.77 bits per heavy atom. The zero-order chi connectivity index (χ0) is 18.9. The van der Waals surface area contributed by atoms with Gasteiger partial charge in [0.2, 0.25) is 0 Å². The SMILES string of the molecule is C#CCNC(=O)COC(=O)c1ccccc1NC(=O)c1ccc(Cl)cc1. The van der Waals surface area contributed by atoms with Crippen LogP contribution in [-0.4, -0.2) is 30.9 Å². The number of para-hydroxylation sites is 1. The van der Waals surface area contributed by atoms with E-state index in [-0.39, 0.29) is 17.8 Å². The van der Waals surface area contributed by atoms with Gasteiger partial charge in [0, 0.05) is 10.6 Å². The van der Waals surface area contributed by atoms with E-state index in [1.807, 2.05) is 0 Å². The maximum Gasteiger partial charge on any atom is 0.340 e. The van der Waals surface area contributed by atoms with Crippen LogP contribution in [0.5, 0.6) is 0 Å². The Hall–Kier alpha value is -3.30. The van der Waals surface area contributed by atoms with Crippen LogP contribution in [0.3, 0.4) is 0 Å². The monoisotopic (exact) mass is 370 g/mol. The van der Waals surface area contributed by atoms with Gasteiger partial charge in [0.1, 0.15) is 0 Å². The second kappa shape index (κ2) is 9.25. The number of rotatable bonds is 6. The molecule has 0 heterocycles. The third-order valence-corrected chi connectivity index (χ3v) is 3.48. The Labute approximate surface area is 155 Å². The first kappa shape index (κ1) is 19.0. The van der Waals surface area contributed by atoms with Gasteiger partial charge in [-0.15, -0.1) is 6.42 Å². The summed E-state index contributed by atoms with van der Waals surface area (Å²) in [6.07, 6.45) is 5.03. The van der Waals surface area contributed by atoms with Gasteiger partial charge in [0.25, 0.3) is 11.8 Å². The second-order valence-corrected chi connectivity index (χ2v) is 5.50. The molecule has 0 fully saturated rings. The van der Waals surface area contributed by atoms with Gasteiger partial charge in [-0.2, -0.15) is 0 Å². The second-order valence-electron chi connectivity index (χ2n) is 5.06. The molecule has 26 heavy (non-hydrogen) atoms. The fourth-order valence-corrected chi connectivity index (χ4v) is 2.10. The number of hydrogen-bond donors (Lipinski definition) is 2. The van der Waals surface area contributed by atoms with Gasteiger partial charge in [-0.05, 0) is 36.4 Å². The molecule has 7 heteroatoms. The van der Waals surface area contributed by atoms with Crippen LogP contribution in [-0.2, 0) is 9.53 Å². The molecule has 2 amide bonds. The highest BCUT2D eigenvalue weighted by atomic mass is 35.5. The molecule has 0 aliphatic heterocycles. The summed E-state index contributed by atoms with van der Waals surface area (Å²) in [6, 6.07) is 12.6. The van der Waals surface area contributed by atoms with Crippen molar-refractivity contribution in [3.63, 3.8) is 0 Å². The van der Waals surface area contributed by atoms with Crippen molar-refractivity contribution in [3.8, 4) is 12.3 Å². The molecular weight excluding hydrogens is 356 g/mol. The summed E-state index contributed by atoms with van der Waals surface area (Å²) in [5.41, 5.74) is 0.771. The largest absolute Gasteiger partial charge is 0.452 e. The van der Waals surface area contributed by atoms with E-state index in [0.29, 0.717) is 10.6 Å². The number of hydrogen-bond acceptors (Lipinski definition) is 4. The van der Waals surface area contributed by atoms with Crippen LogP contribution >= 0.6 is 11.6 Å². The summed E-state index contributed by atoms with van der Waals surface area (Å²) in [5.74, 6) is 0.573. The Morgan fingerprint density at radius 1 is 1.08 bits per heavy atom. The molecule has 0 aliphatic rings. The van der Waals surface area contributed by atoms with Crippen molar-refractivity contribution in [1.82, 2.24) is 5.32 Å². The van der Waals surface area contributed by atoms with Gasteiger partial charge in [-0.1, -0.05) is 29.7 Å². The summed E-state index contributed by atoms with van der Waals surface area (Å²) >= 11 is 5.80. The average Bonchev–Trinajstić information content (AvgIpc) is 2.65. The molecule has 2 rings (SSSR count). The Balaban J connectivity index is 2.06. The summed E-state index contributed by atoms with van der Waals surface area (Å²) < 4.78 is 4.94. The standard InChI is InChI=1S/C19H15ClN2O4/c1-2-11-21-17(23)12-26-19(25)15-5-3-4-6-16(15)22-18(24)13-7-9-14(20)10-8-13/h1,3-10H,11-12H2,(H,21,23)(H,22,24). The van der Waals surface area contributed by atoms with Gasteiger partial charge in [0.05, 0.1) is 17.8 Å². The molecule has 0 aliphatic carbocycles. The number of terminal acetylenes is 1. The summed E-state index contributed by atoms with van der Waals surface area (Å²) in [7, 11) is 0. The number of carbonyl (C=O) groups excluding carboxylic acids is 3. The number of ether oxygens (including phenoxy) is 1. The van der Waals surface area contributed by atoms with E-state index in [1.165, 1.54) is 6.07 Å². The van der Waals surface area contributed by atoms with E-state index in [4.69, 9.17) is 22.8 Å². The van der Waals surface area contributed by atoms with Crippen molar-refractivity contribution >= 4 is 35.1 Å². The average molecular weight is 371 g/mol. The molecule has 0 unspecified atom stereocenters. The van der Waals surface area contributed by atoms with Gasteiger partial charge in [-0.3, -0.25) is 9.59 Å². The van der Waals surface area contributed by atoms with E-state index in [2.05, 4.69) is 16.6 Å². The normalized spacial score (nSPS) is 9.69. The van der Waals surface area contributed by atoms with Crippen molar-refractivity contribution in [2.45, 2.75) is 0 Å². The smallest absolute Gasteiger partial charge is 0.340 e. The molecule has 0 radical (unpaired) electrons. The zero-order valence-electron chi connectivity index (χ0n) is 13.6. The number of anilines is 1. The molecule has 0 bridgehead atoms. The molecule has 0 aromatic heterocycles. The topological polar surface area (TPSA) is 84.5 Å². The number of nitrogens with one attached hydrogen (secondary N) is 2. The minimum Gasteiger partial charge on any atom is -0.452 e. The molecule has 2 N–H and O–H groups in total. The van der Waals surface area contributed by atoms with Gasteiger partial charge < -0.3 is 15.4 Å². The maximum atomic E-state index is 12.3. The van der Waals surface area contributed by atoms with Crippen LogP contribution < -0.4 is 10.6 Å². The minimum absolute atomic E-state index is 0.0458. The lowest BCUT2D eigenvalue weighted by Gasteiger charge is -2.11. The van der Waals surface area contributed by atoms with Crippen LogP contribution in [0.15, 0.2) is 48.5 Å². The fraction of sp³-hybridized carbons (Fsp3) is 0.105. The first-order valence-electron chi connectivity index (χ1n) is 7.54. The van der Waals surface area contributed by atoms with Crippen molar-refractivity contribution in [2.24, 2.45) is 0 Å². The first-order chi connectivity index (χ1) is 12.5. The van der Waals surface area contributed by atoms with Crippen LogP contribution in [0.1, 0.15) is 20.7 Å². The van der Waals surface area contributed by atoms with Gasteiger partial charge in [0.15, 0.2) is 6.61 Å². The number of amides is 2. The van der Waals surface area contributed by atoms with Crippen LogP contribution in [0, 0.1) is 12.3 Å². The number of esters is 1. The highest BCUT2D eigenvalue weighted by Crippen LogP contribution is 2.18. The predicted molar refractivity (Wildman–Crippen MR) is 98.0 cm³/mol. The lowest BCUT2D eigenvalue weighted by Crippen LogP contribution is -2.29. The summed E-state index contributed by atoms with van der Waals surface area (Å²) in [5, 5.41) is 5.53. The number of carbonyl (C=O) groups is 3. The molecule has 0 saturated heterocycles. The van der Waals surface area contributed by atoms with E-state index in [1.54, 1.807) is 42.5 Å². The quantitative estimate of drug-likeness (QED) is 0.604. The van der Waals surface area contributed by atoms with Crippen LogP contribution in [0.4, 0.5) is 5.69 Å². The number of benzene rings is 2. The molecule has 0 saturated carbocycles. The molecular formula is C19H15ClN2O4. The Kier molecular flexibility index (Phi) is 6.77. The summed E-state index contributed by atoms with van der Waals surface area (Å²) in [4.78, 5) is 35.9. The highest BCUT2D eigenvalue weighted by Gasteiger charge is 2.16. The lowest BCUT2D eigenvalue weighted by atomic mass is 10.1. The van der Waals surface area contributed by atoms with E-state index < -0.39 is 24.4 Å². The van der Waals surface area contributed by atoms with E-state index in [9.17, 15) is 14.4 Å². The number of halogens is 1. The summed E-state index contributed by atoms with van der Waals surface area (Å²) in [6.45, 7) is -0.426. The van der Waals surface area contributed by atoms with Crippen molar-refractivity contribution in [1.29, 1.82) is 0 Å². The van der Waals surface area contributed by atoms with Crippen molar-refractivity contribution in [3.05, 3.63) is 64.7 Å². The highest BCUT2D eigenvalue weighted by molar-refractivity contribution is 6.30. The molecule has 0 atom stereocenters. The van der Waals surface area contributed by atoms with E-state index >= 15 is 0 Å². The molecule has 2 aromatic carbocycles. The van der Waals surface area contributed by atoms with Crippen LogP contribution in [0.2, 0.25) is 5.02 Å². The molecule has 6 nitrogen and oxygen atoms in total. The fourth-order valence-electron chi connectivity index (χ4n) is 1.98. The predicted octanol–water partition coefficient (Wildman–Crippen LogP) is 2.50. The third kappa shape index (κ3) is 5.36. The first-order valence-corrected chi connectivity index (χ1v) is 7.92. The molecule has 132 valence electrons. The van der Waals surface area contributed by atoms with E-state index in [0.717, 1.165) is 0 Å². The van der Waals surface area contributed by atoms with Crippen molar-refractivity contribution in [2.75, 3.05) is 18.5 Å². The third-order valence-electron chi connectivity index (χ3n) is 3.22. The molecule has 2 aromatic rings. The van der Waals surface area contributed by atoms with Crippen molar-refractivity contribution < 1.29 is 19.1 Å². The maximum absolute atomic E-state index is 12.3. The van der Waals surface area contributed by atoms with Crippen LogP contribution in [0.25, 0.3) is 0 Å². The lowest BCUT2D eigenvalue weighted by molar-refractivity contribution is -0.123. The Morgan fingerprint density at radius 3 is 2.46 bits per heavy atom. The minimum atomic E-state index is -0.743. The molecule has 0 spiro atoms.